The third-order valence-corrected chi connectivity index (χ3v) is 3.69. The fourth-order valence-electron chi connectivity index (χ4n) is 2.22. The quantitative estimate of drug-likeness (QED) is 0.879. The van der Waals surface area contributed by atoms with Crippen LogP contribution in [-0.2, 0) is 4.74 Å². The fraction of sp³-hybridized carbons (Fsp3) is 0.500. The average Bonchev–Trinajstić information content (AvgIpc) is 2.35. The zero-order valence-corrected chi connectivity index (χ0v) is 14.1. The molecule has 1 aliphatic heterocycles. The van der Waals surface area contributed by atoms with Crippen LogP contribution in [-0.4, -0.2) is 19.3 Å². The van der Waals surface area contributed by atoms with Crippen LogP contribution in [0, 0.1) is 5.41 Å². The Hall–Kier alpha value is -0.940. The number of hydrogen-bond donors (Lipinski definition) is 1. The van der Waals surface area contributed by atoms with Gasteiger partial charge < -0.3 is 14.8 Å². The van der Waals surface area contributed by atoms with Crippen molar-refractivity contribution < 1.29 is 14.3 Å². The molecule has 1 saturated heterocycles. The number of halogens is 2. The summed E-state index contributed by atoms with van der Waals surface area (Å²) in [6, 6.07) is 5.71. The van der Waals surface area contributed by atoms with E-state index in [-0.39, 0.29) is 30.0 Å². The molecule has 1 aliphatic rings. The molecule has 1 aromatic rings. The summed E-state index contributed by atoms with van der Waals surface area (Å²) in [6.07, 6.45) is -0.383. The molecule has 112 valence electrons. The Bertz CT molecular complexity index is 493. The molecular formula is C14H19BrClNO3. The standard InChI is InChI=1S/C14H18BrNO3.ClH/c1-4-18-11-6-5-9(15)7-10(11)12-14(2,3)8-19-13(17)16-12;/h5-7,12H,4,8H2,1-3H3,(H,16,17);1H/t12-;/m1./s1. The van der Waals surface area contributed by atoms with Crippen LogP contribution in [0.5, 0.6) is 5.75 Å². The maximum absolute atomic E-state index is 11.5. The molecule has 1 aromatic carbocycles. The molecule has 6 heteroatoms. The van der Waals surface area contributed by atoms with E-state index in [2.05, 4.69) is 35.1 Å². The van der Waals surface area contributed by atoms with E-state index in [1.54, 1.807) is 0 Å². The van der Waals surface area contributed by atoms with Crippen molar-refractivity contribution in [2.45, 2.75) is 26.8 Å². The van der Waals surface area contributed by atoms with Crippen LogP contribution in [0.4, 0.5) is 4.79 Å². The van der Waals surface area contributed by atoms with Crippen LogP contribution < -0.4 is 10.1 Å². The summed E-state index contributed by atoms with van der Waals surface area (Å²) in [5.41, 5.74) is 0.776. The molecule has 2 rings (SSSR count). The van der Waals surface area contributed by atoms with Gasteiger partial charge in [0.15, 0.2) is 0 Å². The van der Waals surface area contributed by atoms with Gasteiger partial charge in [-0.05, 0) is 25.1 Å². The zero-order valence-electron chi connectivity index (χ0n) is 11.7. The lowest BCUT2D eigenvalue weighted by molar-refractivity contribution is 0.0379. The second kappa shape index (κ2) is 6.68. The van der Waals surface area contributed by atoms with E-state index >= 15 is 0 Å². The molecule has 0 saturated carbocycles. The number of benzene rings is 1. The minimum atomic E-state index is -0.383. The van der Waals surface area contributed by atoms with Crippen LogP contribution in [0.1, 0.15) is 32.4 Å². The third kappa shape index (κ3) is 3.58. The van der Waals surface area contributed by atoms with Gasteiger partial charge in [0.05, 0.1) is 12.6 Å². The Morgan fingerprint density at radius 3 is 2.85 bits per heavy atom. The monoisotopic (exact) mass is 363 g/mol. The molecule has 1 N–H and O–H groups in total. The van der Waals surface area contributed by atoms with E-state index < -0.39 is 0 Å². The Morgan fingerprint density at radius 1 is 1.50 bits per heavy atom. The average molecular weight is 365 g/mol. The van der Waals surface area contributed by atoms with E-state index in [4.69, 9.17) is 9.47 Å². The largest absolute Gasteiger partial charge is 0.494 e. The third-order valence-electron chi connectivity index (χ3n) is 3.20. The molecule has 4 nitrogen and oxygen atoms in total. The first kappa shape index (κ1) is 17.1. The number of cyclic esters (lactones) is 1. The van der Waals surface area contributed by atoms with Crippen molar-refractivity contribution in [2.75, 3.05) is 13.2 Å². The van der Waals surface area contributed by atoms with E-state index in [1.165, 1.54) is 0 Å². The number of nitrogens with one attached hydrogen (secondary N) is 1. The molecule has 0 aromatic heterocycles. The number of amides is 1. The molecule has 1 amide bonds. The first-order chi connectivity index (χ1) is 8.94. The summed E-state index contributed by atoms with van der Waals surface area (Å²) in [5, 5.41) is 2.89. The molecule has 0 spiro atoms. The van der Waals surface area contributed by atoms with E-state index in [0.717, 1.165) is 15.8 Å². The first-order valence-corrected chi connectivity index (χ1v) is 7.09. The fourth-order valence-corrected chi connectivity index (χ4v) is 2.60. The number of carbonyl (C=O) groups is 1. The number of carbonyl (C=O) groups excluding carboxylic acids is 1. The number of ether oxygens (including phenoxy) is 2. The normalized spacial score (nSPS) is 20.4. The van der Waals surface area contributed by atoms with Gasteiger partial charge in [0.1, 0.15) is 12.4 Å². The summed E-state index contributed by atoms with van der Waals surface area (Å²) in [4.78, 5) is 11.5. The molecule has 0 radical (unpaired) electrons. The van der Waals surface area contributed by atoms with Gasteiger partial charge in [0.25, 0.3) is 0 Å². The molecule has 1 atom stereocenters. The van der Waals surface area contributed by atoms with Crippen molar-refractivity contribution in [1.29, 1.82) is 0 Å². The van der Waals surface area contributed by atoms with Gasteiger partial charge in [-0.15, -0.1) is 12.4 Å². The summed E-state index contributed by atoms with van der Waals surface area (Å²) in [5.74, 6) is 0.797. The van der Waals surface area contributed by atoms with Crippen LogP contribution >= 0.6 is 28.3 Å². The van der Waals surface area contributed by atoms with Crippen molar-refractivity contribution in [3.63, 3.8) is 0 Å². The number of alkyl carbamates (subject to hydrolysis) is 1. The van der Waals surface area contributed by atoms with Crippen molar-refractivity contribution in [1.82, 2.24) is 5.32 Å². The highest BCUT2D eigenvalue weighted by atomic mass is 79.9. The summed E-state index contributed by atoms with van der Waals surface area (Å²) < 4.78 is 11.7. The maximum Gasteiger partial charge on any atom is 0.407 e. The van der Waals surface area contributed by atoms with E-state index in [9.17, 15) is 4.79 Å². The van der Waals surface area contributed by atoms with Gasteiger partial charge in [-0.25, -0.2) is 4.79 Å². The summed E-state index contributed by atoms with van der Waals surface area (Å²) >= 11 is 3.47. The molecule has 0 unspecified atom stereocenters. The predicted molar refractivity (Wildman–Crippen MR) is 83.6 cm³/mol. The van der Waals surface area contributed by atoms with Crippen LogP contribution in [0.25, 0.3) is 0 Å². The lowest BCUT2D eigenvalue weighted by Crippen LogP contribution is -2.47. The molecule has 1 fully saturated rings. The lowest BCUT2D eigenvalue weighted by atomic mass is 9.80. The minimum absolute atomic E-state index is 0. The van der Waals surface area contributed by atoms with E-state index in [1.807, 2.05) is 25.1 Å². The summed E-state index contributed by atoms with van der Waals surface area (Å²) in [6.45, 7) is 7.05. The van der Waals surface area contributed by atoms with Crippen molar-refractivity contribution in [3.05, 3.63) is 28.2 Å². The molecular weight excluding hydrogens is 346 g/mol. The van der Waals surface area contributed by atoms with Crippen molar-refractivity contribution in [2.24, 2.45) is 5.41 Å². The highest BCUT2D eigenvalue weighted by molar-refractivity contribution is 9.10. The molecule has 1 heterocycles. The molecule has 0 aliphatic carbocycles. The van der Waals surface area contributed by atoms with Crippen molar-refractivity contribution >= 4 is 34.4 Å². The number of hydrogen-bond acceptors (Lipinski definition) is 3. The van der Waals surface area contributed by atoms with Gasteiger partial charge in [-0.2, -0.15) is 0 Å². The molecule has 20 heavy (non-hydrogen) atoms. The first-order valence-electron chi connectivity index (χ1n) is 6.29. The highest BCUT2D eigenvalue weighted by Crippen LogP contribution is 2.41. The SMILES string of the molecule is CCOc1ccc(Br)cc1[C@H]1NC(=O)OCC1(C)C.Cl. The zero-order chi connectivity index (χ0) is 14.0. The summed E-state index contributed by atoms with van der Waals surface area (Å²) in [7, 11) is 0. The van der Waals surface area contributed by atoms with Gasteiger partial charge in [0.2, 0.25) is 0 Å². The topological polar surface area (TPSA) is 47.6 Å². The van der Waals surface area contributed by atoms with Crippen molar-refractivity contribution in [3.8, 4) is 5.75 Å². The van der Waals surface area contributed by atoms with Gasteiger partial charge in [0, 0.05) is 15.5 Å². The Morgan fingerprint density at radius 2 is 2.20 bits per heavy atom. The van der Waals surface area contributed by atoms with Crippen LogP contribution in [0.15, 0.2) is 22.7 Å². The Labute approximate surface area is 133 Å². The second-order valence-corrected chi connectivity index (χ2v) is 6.17. The van der Waals surface area contributed by atoms with Gasteiger partial charge in [-0.1, -0.05) is 29.8 Å². The minimum Gasteiger partial charge on any atom is -0.494 e. The predicted octanol–water partition coefficient (Wildman–Crippen LogP) is 4.08. The van der Waals surface area contributed by atoms with Gasteiger partial charge >= 0.3 is 6.09 Å². The van der Waals surface area contributed by atoms with Gasteiger partial charge in [-0.3, -0.25) is 0 Å². The maximum atomic E-state index is 11.5. The Kier molecular flexibility index (Phi) is 5.71. The second-order valence-electron chi connectivity index (χ2n) is 5.26. The van der Waals surface area contributed by atoms with Crippen LogP contribution in [0.3, 0.4) is 0 Å². The molecule has 0 bridgehead atoms. The highest BCUT2D eigenvalue weighted by Gasteiger charge is 2.39. The number of rotatable bonds is 3. The van der Waals surface area contributed by atoms with E-state index in [0.29, 0.717) is 13.2 Å². The lowest BCUT2D eigenvalue weighted by Gasteiger charge is -2.39. The smallest absolute Gasteiger partial charge is 0.407 e. The Balaban J connectivity index is 0.00000200. The van der Waals surface area contributed by atoms with Crippen LogP contribution in [0.2, 0.25) is 0 Å².